The predicted octanol–water partition coefficient (Wildman–Crippen LogP) is 3.51. The van der Waals surface area contributed by atoms with Gasteiger partial charge in [0.1, 0.15) is 0 Å². The highest BCUT2D eigenvalue weighted by Gasteiger charge is 2.33. The topological polar surface area (TPSA) is 63.4 Å². The van der Waals surface area contributed by atoms with Gasteiger partial charge in [-0.3, -0.25) is 9.59 Å². The van der Waals surface area contributed by atoms with E-state index in [0.717, 1.165) is 18.4 Å². The lowest BCUT2D eigenvalue weighted by Gasteiger charge is -2.16. The molecule has 0 radical (unpaired) electrons. The van der Waals surface area contributed by atoms with Crippen LogP contribution in [-0.2, 0) is 17.6 Å². The van der Waals surface area contributed by atoms with Crippen LogP contribution in [0.5, 0.6) is 0 Å². The number of nitrogens with zero attached hydrogens (tertiary/aromatic N) is 1. The summed E-state index contributed by atoms with van der Waals surface area (Å²) in [5.41, 5.74) is 10.8. The minimum Gasteiger partial charge on any atom is -0.340 e. The first kappa shape index (κ1) is 20.6. The molecule has 0 aromatic heterocycles. The molecule has 1 fully saturated rings. The number of benzene rings is 2. The van der Waals surface area contributed by atoms with Gasteiger partial charge in [0, 0.05) is 43.5 Å². The fourth-order valence-electron chi connectivity index (χ4n) is 4.35. The molecule has 4 nitrogen and oxygen atoms in total. The van der Waals surface area contributed by atoms with E-state index in [0.29, 0.717) is 13.1 Å². The van der Waals surface area contributed by atoms with Gasteiger partial charge in [0.05, 0.1) is 0 Å². The summed E-state index contributed by atoms with van der Waals surface area (Å²) in [6, 6.07) is 16.1. The Labute approximate surface area is 172 Å². The molecule has 0 unspecified atom stereocenters. The SMILES string of the molecule is Cl.N[C@@H]1CN(C(=O)CCC(=O)c2ccc3c(c2)CCC3)C[C@H]1c1ccccc1. The third-order valence-electron chi connectivity index (χ3n) is 5.93. The Balaban J connectivity index is 0.00000225. The van der Waals surface area contributed by atoms with E-state index >= 15 is 0 Å². The molecular weight excluding hydrogens is 372 g/mol. The average molecular weight is 399 g/mol. The molecule has 1 amide bonds. The van der Waals surface area contributed by atoms with Crippen LogP contribution in [0.3, 0.4) is 0 Å². The number of carbonyl (C=O) groups is 2. The second kappa shape index (κ2) is 8.89. The molecule has 148 valence electrons. The number of amides is 1. The molecule has 1 saturated heterocycles. The Morgan fingerprint density at radius 1 is 0.964 bits per heavy atom. The Morgan fingerprint density at radius 3 is 2.50 bits per heavy atom. The molecule has 2 aromatic rings. The lowest BCUT2D eigenvalue weighted by atomic mass is 9.95. The second-order valence-corrected chi connectivity index (χ2v) is 7.74. The molecule has 4 rings (SSSR count). The van der Waals surface area contributed by atoms with Crippen molar-refractivity contribution in [3.63, 3.8) is 0 Å². The summed E-state index contributed by atoms with van der Waals surface area (Å²) in [7, 11) is 0. The number of Topliss-reactive ketones (excluding diaryl/α,β-unsaturated/α-hetero) is 1. The number of hydrogen-bond donors (Lipinski definition) is 1. The van der Waals surface area contributed by atoms with Gasteiger partial charge in [-0.05, 0) is 42.0 Å². The van der Waals surface area contributed by atoms with Gasteiger partial charge in [-0.15, -0.1) is 12.4 Å². The van der Waals surface area contributed by atoms with Crippen molar-refractivity contribution in [1.29, 1.82) is 0 Å². The highest BCUT2D eigenvalue weighted by atomic mass is 35.5. The molecule has 2 N–H and O–H groups in total. The van der Waals surface area contributed by atoms with Crippen LogP contribution in [0.4, 0.5) is 0 Å². The molecule has 0 spiro atoms. The van der Waals surface area contributed by atoms with Crippen LogP contribution in [0.1, 0.15) is 52.2 Å². The van der Waals surface area contributed by atoms with Gasteiger partial charge in [-0.25, -0.2) is 0 Å². The Hall–Kier alpha value is -2.17. The van der Waals surface area contributed by atoms with Gasteiger partial charge in [-0.2, -0.15) is 0 Å². The van der Waals surface area contributed by atoms with E-state index in [1.807, 2.05) is 35.2 Å². The summed E-state index contributed by atoms with van der Waals surface area (Å²) in [6.07, 6.45) is 3.86. The van der Waals surface area contributed by atoms with Gasteiger partial charge in [-0.1, -0.05) is 42.5 Å². The first-order chi connectivity index (χ1) is 13.1. The van der Waals surface area contributed by atoms with Gasteiger partial charge in [0.2, 0.25) is 5.91 Å². The number of likely N-dealkylation sites (tertiary alicyclic amines) is 1. The summed E-state index contributed by atoms with van der Waals surface area (Å²) in [4.78, 5) is 26.9. The normalized spacial score (nSPS) is 20.5. The first-order valence-corrected chi connectivity index (χ1v) is 9.85. The van der Waals surface area contributed by atoms with E-state index in [4.69, 9.17) is 5.73 Å². The Kier molecular flexibility index (Phi) is 6.53. The number of aryl methyl sites for hydroxylation is 2. The van der Waals surface area contributed by atoms with E-state index in [-0.39, 0.29) is 48.9 Å². The second-order valence-electron chi connectivity index (χ2n) is 7.74. The van der Waals surface area contributed by atoms with E-state index in [1.165, 1.54) is 23.1 Å². The van der Waals surface area contributed by atoms with Crippen LogP contribution in [-0.4, -0.2) is 35.7 Å². The van der Waals surface area contributed by atoms with Crippen LogP contribution in [0, 0.1) is 0 Å². The van der Waals surface area contributed by atoms with Crippen LogP contribution in [0.25, 0.3) is 0 Å². The van der Waals surface area contributed by atoms with Crippen LogP contribution in [0.2, 0.25) is 0 Å². The van der Waals surface area contributed by atoms with Crippen LogP contribution < -0.4 is 5.73 Å². The highest BCUT2D eigenvalue weighted by Crippen LogP contribution is 2.27. The number of fused-ring (bicyclic) bond motifs is 1. The van der Waals surface area contributed by atoms with E-state index in [1.54, 1.807) is 0 Å². The number of hydrogen-bond acceptors (Lipinski definition) is 3. The Bertz CT molecular complexity index is 853. The van der Waals surface area contributed by atoms with Crippen molar-refractivity contribution >= 4 is 24.1 Å². The summed E-state index contributed by atoms with van der Waals surface area (Å²) >= 11 is 0. The maximum Gasteiger partial charge on any atom is 0.223 e. The van der Waals surface area contributed by atoms with Crippen molar-refractivity contribution in [1.82, 2.24) is 4.90 Å². The summed E-state index contributed by atoms with van der Waals surface area (Å²) in [5, 5.41) is 0. The van der Waals surface area contributed by atoms with Crippen molar-refractivity contribution in [2.45, 2.75) is 44.1 Å². The van der Waals surface area contributed by atoms with Crippen molar-refractivity contribution in [3.8, 4) is 0 Å². The molecule has 0 saturated carbocycles. The maximum atomic E-state index is 12.6. The van der Waals surface area contributed by atoms with Crippen molar-refractivity contribution in [3.05, 3.63) is 70.8 Å². The molecule has 0 bridgehead atoms. The van der Waals surface area contributed by atoms with Gasteiger partial charge in [0.15, 0.2) is 5.78 Å². The monoisotopic (exact) mass is 398 g/mol. The quantitative estimate of drug-likeness (QED) is 0.784. The average Bonchev–Trinajstić information content (AvgIpc) is 3.32. The largest absolute Gasteiger partial charge is 0.340 e. The molecule has 2 aliphatic rings. The van der Waals surface area contributed by atoms with Gasteiger partial charge < -0.3 is 10.6 Å². The zero-order valence-corrected chi connectivity index (χ0v) is 16.8. The fraction of sp³-hybridized carbons (Fsp3) is 0.391. The highest BCUT2D eigenvalue weighted by molar-refractivity contribution is 5.98. The lowest BCUT2D eigenvalue weighted by Crippen LogP contribution is -2.32. The molecular formula is C23H27ClN2O2. The summed E-state index contributed by atoms with van der Waals surface area (Å²) < 4.78 is 0. The molecule has 1 aliphatic carbocycles. The van der Waals surface area contributed by atoms with E-state index in [2.05, 4.69) is 18.2 Å². The molecule has 5 heteroatoms. The Morgan fingerprint density at radius 2 is 1.71 bits per heavy atom. The van der Waals surface area contributed by atoms with E-state index in [9.17, 15) is 9.59 Å². The number of nitrogens with two attached hydrogens (primary N) is 1. The fourth-order valence-corrected chi connectivity index (χ4v) is 4.35. The third kappa shape index (κ3) is 4.29. The van der Waals surface area contributed by atoms with Gasteiger partial charge >= 0.3 is 0 Å². The number of halogens is 1. The summed E-state index contributed by atoms with van der Waals surface area (Å²) in [6.45, 7) is 1.20. The maximum absolute atomic E-state index is 12.6. The zero-order chi connectivity index (χ0) is 18.8. The number of carbonyl (C=O) groups excluding carboxylic acids is 2. The number of rotatable bonds is 5. The predicted molar refractivity (Wildman–Crippen MR) is 113 cm³/mol. The van der Waals surface area contributed by atoms with E-state index < -0.39 is 0 Å². The zero-order valence-electron chi connectivity index (χ0n) is 16.0. The third-order valence-corrected chi connectivity index (χ3v) is 5.93. The molecule has 2 atom stereocenters. The lowest BCUT2D eigenvalue weighted by molar-refractivity contribution is -0.130. The van der Waals surface area contributed by atoms with Crippen molar-refractivity contribution < 1.29 is 9.59 Å². The molecule has 28 heavy (non-hydrogen) atoms. The minimum absolute atomic E-state index is 0. The van der Waals surface area contributed by atoms with Crippen molar-refractivity contribution in [2.24, 2.45) is 5.73 Å². The molecule has 2 aromatic carbocycles. The van der Waals surface area contributed by atoms with Crippen molar-refractivity contribution in [2.75, 3.05) is 13.1 Å². The van der Waals surface area contributed by atoms with Gasteiger partial charge in [0.25, 0.3) is 0 Å². The standard InChI is InChI=1S/C23H26N2O2.ClH/c24-21-15-25(14-20(21)17-5-2-1-3-6-17)23(27)12-11-22(26)19-10-9-16-7-4-8-18(16)13-19;/h1-3,5-6,9-10,13,20-21H,4,7-8,11-12,14-15,24H2;1H/t20-,21+;/m0./s1. The van der Waals surface area contributed by atoms with Crippen LogP contribution in [0.15, 0.2) is 48.5 Å². The first-order valence-electron chi connectivity index (χ1n) is 9.85. The number of ketones is 1. The smallest absolute Gasteiger partial charge is 0.223 e. The van der Waals surface area contributed by atoms with Crippen LogP contribution >= 0.6 is 12.4 Å². The summed E-state index contributed by atoms with van der Waals surface area (Å²) in [5.74, 6) is 0.252. The molecule has 1 heterocycles. The minimum atomic E-state index is -0.0521. The molecule has 1 aliphatic heterocycles.